The van der Waals surface area contributed by atoms with Crippen LogP contribution in [-0.2, 0) is 6.18 Å². The van der Waals surface area contributed by atoms with Crippen molar-refractivity contribution in [2.75, 3.05) is 0 Å². The Morgan fingerprint density at radius 1 is 1.14 bits per heavy atom. The van der Waals surface area contributed by atoms with E-state index in [2.05, 4.69) is 38.8 Å². The van der Waals surface area contributed by atoms with Gasteiger partial charge in [-0.1, -0.05) is 37.6 Å². The number of hydrogen-bond donors (Lipinski definition) is 0. The molecule has 122 valence electrons. The van der Waals surface area contributed by atoms with Crippen LogP contribution >= 0.6 is 0 Å². The molecule has 0 N–H and O–H groups in total. The molecular weight excluding hydrogens is 287 g/mol. The van der Waals surface area contributed by atoms with E-state index >= 15 is 0 Å². The largest absolute Gasteiger partial charge is 0.418 e. The highest BCUT2D eigenvalue weighted by Gasteiger charge is 2.33. The Morgan fingerprint density at radius 2 is 1.77 bits per heavy atom. The number of alkyl halides is 3. The Labute approximate surface area is 131 Å². The quantitative estimate of drug-likeness (QED) is 0.416. The minimum absolute atomic E-state index is 0.0165. The van der Waals surface area contributed by atoms with Crippen LogP contribution in [0, 0.1) is 5.41 Å². The van der Waals surface area contributed by atoms with Gasteiger partial charge in [0.05, 0.1) is 11.3 Å². The molecule has 0 spiro atoms. The maximum atomic E-state index is 12.9. The van der Waals surface area contributed by atoms with E-state index in [0.29, 0.717) is 6.42 Å². The van der Waals surface area contributed by atoms with Gasteiger partial charge in [-0.3, -0.25) is 4.99 Å². The summed E-state index contributed by atoms with van der Waals surface area (Å²) in [7, 11) is 0. The van der Waals surface area contributed by atoms with E-state index in [9.17, 15) is 13.2 Å². The van der Waals surface area contributed by atoms with Gasteiger partial charge in [-0.15, -0.1) is 0 Å². The Kier molecular flexibility index (Phi) is 6.39. The summed E-state index contributed by atoms with van der Waals surface area (Å²) in [6, 6.07) is 5.41. The van der Waals surface area contributed by atoms with Gasteiger partial charge in [0.15, 0.2) is 0 Å². The van der Waals surface area contributed by atoms with Crippen LogP contribution in [0.1, 0.15) is 52.5 Å². The third-order valence-electron chi connectivity index (χ3n) is 3.46. The first kappa shape index (κ1) is 18.5. The molecule has 0 saturated carbocycles. The molecule has 1 rings (SSSR count). The molecule has 22 heavy (non-hydrogen) atoms. The van der Waals surface area contributed by atoms with Gasteiger partial charge in [-0.05, 0) is 50.7 Å². The van der Waals surface area contributed by atoms with Crippen LogP contribution in [0.2, 0.25) is 0 Å². The fourth-order valence-corrected chi connectivity index (χ4v) is 2.07. The van der Waals surface area contributed by atoms with Crippen molar-refractivity contribution >= 4 is 11.9 Å². The minimum atomic E-state index is -4.37. The number of allylic oxidation sites excluding steroid dienone is 2. The predicted molar refractivity (Wildman–Crippen MR) is 86.7 cm³/mol. The molecule has 0 aliphatic rings. The molecule has 1 aromatic carbocycles. The van der Waals surface area contributed by atoms with E-state index in [1.807, 2.05) is 0 Å². The zero-order valence-electron chi connectivity index (χ0n) is 13.7. The molecule has 0 aliphatic heterocycles. The Morgan fingerprint density at radius 3 is 2.36 bits per heavy atom. The Hall–Kier alpha value is -1.58. The van der Waals surface area contributed by atoms with Crippen LogP contribution in [0.5, 0.6) is 0 Å². The number of hydrogen-bond acceptors (Lipinski definition) is 1. The van der Waals surface area contributed by atoms with Crippen molar-refractivity contribution in [1.82, 2.24) is 0 Å². The van der Waals surface area contributed by atoms with E-state index in [0.717, 1.165) is 18.9 Å². The first-order valence-corrected chi connectivity index (χ1v) is 7.44. The molecule has 0 amide bonds. The number of nitrogens with zero attached hydrogens (tertiary/aromatic N) is 1. The molecule has 0 atom stereocenters. The summed E-state index contributed by atoms with van der Waals surface area (Å²) in [5.41, 5.74) is 0.593. The zero-order valence-corrected chi connectivity index (χ0v) is 13.7. The molecule has 0 saturated heterocycles. The average Bonchev–Trinajstić information content (AvgIpc) is 2.37. The maximum Gasteiger partial charge on any atom is 0.418 e. The van der Waals surface area contributed by atoms with Crippen LogP contribution in [0.3, 0.4) is 0 Å². The first-order chi connectivity index (χ1) is 10.1. The summed E-state index contributed by atoms with van der Waals surface area (Å²) in [6.07, 6.45) is 2.01. The van der Waals surface area contributed by atoms with Crippen molar-refractivity contribution in [2.45, 2.75) is 53.1 Å². The van der Waals surface area contributed by atoms with Crippen molar-refractivity contribution in [3.05, 3.63) is 41.5 Å². The molecule has 0 bridgehead atoms. The molecule has 1 aromatic rings. The van der Waals surface area contributed by atoms with Crippen molar-refractivity contribution in [2.24, 2.45) is 10.4 Å². The topological polar surface area (TPSA) is 12.4 Å². The molecule has 0 aromatic heterocycles. The number of halogens is 3. The highest BCUT2D eigenvalue weighted by molar-refractivity contribution is 5.65. The molecule has 1 nitrogen and oxygen atoms in total. The maximum absolute atomic E-state index is 12.9. The highest BCUT2D eigenvalue weighted by Crippen LogP contribution is 2.36. The summed E-state index contributed by atoms with van der Waals surface area (Å²) in [5, 5.41) is 0. The van der Waals surface area contributed by atoms with Gasteiger partial charge in [-0.25, -0.2) is 0 Å². The molecular formula is C18H24F3N. The van der Waals surface area contributed by atoms with Gasteiger partial charge in [0, 0.05) is 6.21 Å². The van der Waals surface area contributed by atoms with E-state index in [1.165, 1.54) is 17.7 Å². The van der Waals surface area contributed by atoms with Crippen LogP contribution < -0.4 is 0 Å². The molecule has 0 heterocycles. The fraction of sp³-hybridized carbons (Fsp3) is 0.500. The molecule has 0 radical (unpaired) electrons. The smallest absolute Gasteiger partial charge is 0.261 e. The minimum Gasteiger partial charge on any atom is -0.261 e. The van der Waals surface area contributed by atoms with E-state index in [1.54, 1.807) is 12.3 Å². The zero-order chi connectivity index (χ0) is 16.8. The second-order valence-corrected chi connectivity index (χ2v) is 6.52. The van der Waals surface area contributed by atoms with E-state index in [4.69, 9.17) is 0 Å². The highest BCUT2D eigenvalue weighted by atomic mass is 19.4. The van der Waals surface area contributed by atoms with E-state index < -0.39 is 11.7 Å². The number of para-hydroxylation sites is 1. The first-order valence-electron chi connectivity index (χ1n) is 7.44. The normalized spacial score (nSPS) is 12.7. The lowest BCUT2D eigenvalue weighted by atomic mass is 9.84. The molecule has 0 unspecified atom stereocenters. The van der Waals surface area contributed by atoms with Crippen molar-refractivity contribution in [3.63, 3.8) is 0 Å². The summed E-state index contributed by atoms with van der Waals surface area (Å²) in [6.45, 7) is 8.33. The van der Waals surface area contributed by atoms with E-state index in [-0.39, 0.29) is 11.1 Å². The lowest BCUT2D eigenvalue weighted by molar-refractivity contribution is -0.137. The van der Waals surface area contributed by atoms with Crippen molar-refractivity contribution in [3.8, 4) is 0 Å². The SMILES string of the molecule is CC(C)=CCCC(C)(C)CC=Nc1ccccc1C(F)(F)F. The molecule has 4 heteroatoms. The summed E-state index contributed by atoms with van der Waals surface area (Å²) in [5.74, 6) is 0. The van der Waals surface area contributed by atoms with Gasteiger partial charge in [0.2, 0.25) is 0 Å². The number of rotatable bonds is 6. The second-order valence-electron chi connectivity index (χ2n) is 6.52. The van der Waals surface area contributed by atoms with Crippen molar-refractivity contribution in [1.29, 1.82) is 0 Å². The van der Waals surface area contributed by atoms with Crippen LogP contribution in [0.15, 0.2) is 40.9 Å². The molecule has 0 fully saturated rings. The van der Waals surface area contributed by atoms with Gasteiger partial charge < -0.3 is 0 Å². The fourth-order valence-electron chi connectivity index (χ4n) is 2.07. The van der Waals surface area contributed by atoms with Crippen molar-refractivity contribution < 1.29 is 13.2 Å². The number of benzene rings is 1. The number of aliphatic imine (C=N–C) groups is 1. The summed E-state index contributed by atoms with van der Waals surface area (Å²) < 4.78 is 38.6. The van der Waals surface area contributed by atoms with Crippen LogP contribution in [0.25, 0.3) is 0 Å². The monoisotopic (exact) mass is 311 g/mol. The third-order valence-corrected chi connectivity index (χ3v) is 3.46. The predicted octanol–water partition coefficient (Wildman–Crippen LogP) is 6.57. The van der Waals surface area contributed by atoms with Crippen LogP contribution in [-0.4, -0.2) is 6.21 Å². The van der Waals surface area contributed by atoms with Crippen LogP contribution in [0.4, 0.5) is 18.9 Å². The van der Waals surface area contributed by atoms with Gasteiger partial charge in [-0.2, -0.15) is 13.2 Å². The summed E-state index contributed by atoms with van der Waals surface area (Å²) >= 11 is 0. The lowest BCUT2D eigenvalue weighted by Gasteiger charge is -2.21. The second kappa shape index (κ2) is 7.61. The average molecular weight is 311 g/mol. The lowest BCUT2D eigenvalue weighted by Crippen LogP contribution is -2.11. The standard InChI is InChI=1S/C18H24F3N/c1-14(2)8-7-11-17(3,4)12-13-22-16-10-6-5-9-15(16)18(19,20)21/h5-6,8-10,13H,7,11-12H2,1-4H3. The van der Waals surface area contributed by atoms with Gasteiger partial charge in [0.25, 0.3) is 0 Å². The Balaban J connectivity index is 2.72. The van der Waals surface area contributed by atoms with Gasteiger partial charge in [0.1, 0.15) is 0 Å². The van der Waals surface area contributed by atoms with Gasteiger partial charge >= 0.3 is 6.18 Å². The third kappa shape index (κ3) is 6.46. The Bertz CT molecular complexity index is 536. The molecule has 0 aliphatic carbocycles. The summed E-state index contributed by atoms with van der Waals surface area (Å²) in [4.78, 5) is 4.04.